The Bertz CT molecular complexity index is 1120. The Kier molecular flexibility index (Phi) is 6.81. The van der Waals surface area contributed by atoms with E-state index in [1.807, 2.05) is 12.1 Å². The fraction of sp³-hybridized carbons (Fsp3) is 0.217. The molecular formula is C23H22N2O5S. The second kappa shape index (κ2) is 9.53. The number of nitrogens with one attached hydrogen (secondary N) is 1. The van der Waals surface area contributed by atoms with Crippen molar-refractivity contribution in [2.45, 2.75) is 26.7 Å². The molecule has 0 atom stereocenters. The van der Waals surface area contributed by atoms with Crippen molar-refractivity contribution in [3.05, 3.63) is 80.7 Å². The lowest BCUT2D eigenvalue weighted by Gasteiger charge is -2.10. The van der Waals surface area contributed by atoms with Gasteiger partial charge >= 0.3 is 5.97 Å². The number of carbonyl (C=O) groups excluding carboxylic acids is 2. The number of ether oxygens (including phenoxy) is 1. The molecule has 0 saturated heterocycles. The smallest absolute Gasteiger partial charge is 0.341 e. The van der Waals surface area contributed by atoms with Crippen molar-refractivity contribution in [1.82, 2.24) is 0 Å². The molecule has 1 amide bonds. The number of amides is 1. The maximum atomic E-state index is 12.8. The van der Waals surface area contributed by atoms with Crippen LogP contribution in [0.15, 0.2) is 53.9 Å². The molecule has 0 aliphatic rings. The van der Waals surface area contributed by atoms with Gasteiger partial charge in [0, 0.05) is 28.6 Å². The van der Waals surface area contributed by atoms with Crippen molar-refractivity contribution in [1.29, 1.82) is 0 Å². The summed E-state index contributed by atoms with van der Waals surface area (Å²) >= 11 is 1.17. The van der Waals surface area contributed by atoms with Gasteiger partial charge in [0.25, 0.3) is 11.6 Å². The van der Waals surface area contributed by atoms with Gasteiger partial charge in [-0.25, -0.2) is 4.79 Å². The number of non-ortho nitro benzene ring substituents is 1. The van der Waals surface area contributed by atoms with E-state index in [0.717, 1.165) is 5.56 Å². The Hall–Kier alpha value is -3.52. The standard InChI is InChI=1S/C23H22N2O5S/c1-4-30-23(27)20-19(17-6-5-7-18(12-17)25(28)29)13-31-22(20)24-21(26)16-10-8-15(9-11-16)14(2)3/h5-14H,4H2,1-3H3,(H,24,26). The molecule has 31 heavy (non-hydrogen) atoms. The molecule has 0 radical (unpaired) electrons. The first kappa shape index (κ1) is 22.2. The van der Waals surface area contributed by atoms with Crippen LogP contribution in [0.2, 0.25) is 0 Å². The molecule has 1 heterocycles. The normalized spacial score (nSPS) is 10.7. The van der Waals surface area contributed by atoms with Gasteiger partial charge in [-0.1, -0.05) is 38.1 Å². The van der Waals surface area contributed by atoms with Crippen molar-refractivity contribution in [2.75, 3.05) is 11.9 Å². The number of carbonyl (C=O) groups is 2. The molecule has 2 aromatic carbocycles. The molecule has 0 spiro atoms. The minimum Gasteiger partial charge on any atom is -0.462 e. The van der Waals surface area contributed by atoms with Crippen LogP contribution < -0.4 is 5.32 Å². The molecule has 0 aliphatic heterocycles. The number of esters is 1. The van der Waals surface area contributed by atoms with E-state index in [0.29, 0.717) is 27.6 Å². The highest BCUT2D eigenvalue weighted by atomic mass is 32.1. The molecule has 0 fully saturated rings. The minimum absolute atomic E-state index is 0.0886. The first-order chi connectivity index (χ1) is 14.8. The lowest BCUT2D eigenvalue weighted by molar-refractivity contribution is -0.384. The average Bonchev–Trinajstić information content (AvgIpc) is 3.17. The van der Waals surface area contributed by atoms with Gasteiger partial charge in [0.15, 0.2) is 0 Å². The van der Waals surface area contributed by atoms with Crippen LogP contribution in [-0.4, -0.2) is 23.4 Å². The van der Waals surface area contributed by atoms with E-state index in [9.17, 15) is 19.7 Å². The lowest BCUT2D eigenvalue weighted by Crippen LogP contribution is -2.15. The summed E-state index contributed by atoms with van der Waals surface area (Å²) in [5, 5.41) is 15.9. The maximum Gasteiger partial charge on any atom is 0.341 e. The van der Waals surface area contributed by atoms with E-state index in [4.69, 9.17) is 4.74 Å². The molecule has 0 unspecified atom stereocenters. The van der Waals surface area contributed by atoms with E-state index >= 15 is 0 Å². The number of nitro benzene ring substituents is 1. The average molecular weight is 439 g/mol. The fourth-order valence-corrected chi connectivity index (χ4v) is 4.00. The van der Waals surface area contributed by atoms with Crippen LogP contribution in [0.4, 0.5) is 10.7 Å². The lowest BCUT2D eigenvalue weighted by atomic mass is 10.0. The van der Waals surface area contributed by atoms with Crippen LogP contribution in [0, 0.1) is 10.1 Å². The Morgan fingerprint density at radius 3 is 2.48 bits per heavy atom. The van der Waals surface area contributed by atoms with E-state index in [1.165, 1.54) is 23.5 Å². The predicted octanol–water partition coefficient (Wildman–Crippen LogP) is 5.88. The number of anilines is 1. The molecule has 7 nitrogen and oxygen atoms in total. The molecule has 0 saturated carbocycles. The van der Waals surface area contributed by atoms with E-state index < -0.39 is 10.9 Å². The first-order valence-corrected chi connectivity index (χ1v) is 10.6. The van der Waals surface area contributed by atoms with Crippen molar-refractivity contribution in [3.63, 3.8) is 0 Å². The van der Waals surface area contributed by atoms with Crippen molar-refractivity contribution >= 4 is 33.9 Å². The van der Waals surface area contributed by atoms with Gasteiger partial charge in [0.05, 0.1) is 11.5 Å². The second-order valence-electron chi connectivity index (χ2n) is 7.11. The second-order valence-corrected chi connectivity index (χ2v) is 7.99. The summed E-state index contributed by atoms with van der Waals surface area (Å²) in [5.41, 5.74) is 2.64. The first-order valence-electron chi connectivity index (χ1n) is 9.76. The highest BCUT2D eigenvalue weighted by Gasteiger charge is 2.24. The molecule has 1 N–H and O–H groups in total. The quantitative estimate of drug-likeness (QED) is 0.282. The largest absolute Gasteiger partial charge is 0.462 e. The Morgan fingerprint density at radius 1 is 1.16 bits per heavy atom. The van der Waals surface area contributed by atoms with Gasteiger partial charge in [0.2, 0.25) is 0 Å². The molecule has 3 aromatic rings. The zero-order chi connectivity index (χ0) is 22.5. The van der Waals surface area contributed by atoms with Gasteiger partial charge < -0.3 is 10.1 Å². The summed E-state index contributed by atoms with van der Waals surface area (Å²) in [6.45, 7) is 5.99. The van der Waals surface area contributed by atoms with Gasteiger partial charge in [-0.15, -0.1) is 11.3 Å². The predicted molar refractivity (Wildman–Crippen MR) is 121 cm³/mol. The molecule has 0 aliphatic carbocycles. The summed E-state index contributed by atoms with van der Waals surface area (Å²) in [6, 6.07) is 13.3. The number of nitro groups is 1. The molecule has 3 rings (SSSR count). The number of hydrogen-bond donors (Lipinski definition) is 1. The van der Waals surface area contributed by atoms with Crippen molar-refractivity contribution in [2.24, 2.45) is 0 Å². The molecule has 160 valence electrons. The number of thiophene rings is 1. The van der Waals surface area contributed by atoms with Crippen LogP contribution >= 0.6 is 11.3 Å². The zero-order valence-corrected chi connectivity index (χ0v) is 18.2. The van der Waals surface area contributed by atoms with Gasteiger partial charge in [-0.05, 0) is 36.1 Å². The summed E-state index contributed by atoms with van der Waals surface area (Å²) in [7, 11) is 0. The number of hydrogen-bond acceptors (Lipinski definition) is 6. The van der Waals surface area contributed by atoms with Crippen LogP contribution in [0.1, 0.15) is 53.0 Å². The van der Waals surface area contributed by atoms with Gasteiger partial charge in [0.1, 0.15) is 10.6 Å². The third kappa shape index (κ3) is 4.97. The summed E-state index contributed by atoms with van der Waals surface area (Å²) < 4.78 is 5.18. The molecular weight excluding hydrogens is 416 g/mol. The SMILES string of the molecule is CCOC(=O)c1c(-c2cccc([N+](=O)[O-])c2)csc1NC(=O)c1ccc(C(C)C)cc1. The summed E-state index contributed by atoms with van der Waals surface area (Å²) in [4.78, 5) is 36.1. The Balaban J connectivity index is 1.97. The minimum atomic E-state index is -0.601. The molecule has 1 aromatic heterocycles. The van der Waals surface area contributed by atoms with Crippen LogP contribution in [0.3, 0.4) is 0 Å². The highest BCUT2D eigenvalue weighted by molar-refractivity contribution is 7.15. The summed E-state index contributed by atoms with van der Waals surface area (Å²) in [5.74, 6) is -0.605. The van der Waals surface area contributed by atoms with E-state index in [1.54, 1.807) is 36.6 Å². The fourth-order valence-electron chi connectivity index (χ4n) is 3.05. The summed E-state index contributed by atoms with van der Waals surface area (Å²) in [6.07, 6.45) is 0. The van der Waals surface area contributed by atoms with Crippen LogP contribution in [-0.2, 0) is 4.74 Å². The topological polar surface area (TPSA) is 98.5 Å². The van der Waals surface area contributed by atoms with Gasteiger partial charge in [-0.2, -0.15) is 0 Å². The number of nitrogens with zero attached hydrogens (tertiary/aromatic N) is 1. The van der Waals surface area contributed by atoms with Gasteiger partial charge in [-0.3, -0.25) is 14.9 Å². The van der Waals surface area contributed by atoms with Crippen LogP contribution in [0.25, 0.3) is 11.1 Å². The van der Waals surface area contributed by atoms with Crippen LogP contribution in [0.5, 0.6) is 0 Å². The monoisotopic (exact) mass is 438 g/mol. The van der Waals surface area contributed by atoms with Crippen molar-refractivity contribution < 1.29 is 19.2 Å². The molecule has 0 bridgehead atoms. The zero-order valence-electron chi connectivity index (χ0n) is 17.4. The van der Waals surface area contributed by atoms with E-state index in [2.05, 4.69) is 19.2 Å². The highest BCUT2D eigenvalue weighted by Crippen LogP contribution is 2.37. The Labute approximate surface area is 183 Å². The number of benzene rings is 2. The Morgan fingerprint density at radius 2 is 1.87 bits per heavy atom. The van der Waals surface area contributed by atoms with E-state index in [-0.39, 0.29) is 23.8 Å². The molecule has 8 heteroatoms. The third-order valence-electron chi connectivity index (χ3n) is 4.71. The third-order valence-corrected chi connectivity index (χ3v) is 5.60. The number of rotatable bonds is 7. The maximum absolute atomic E-state index is 12.8. The van der Waals surface area contributed by atoms with Crippen molar-refractivity contribution in [3.8, 4) is 11.1 Å².